The smallest absolute Gasteiger partial charge is 0.175 e. The Labute approximate surface area is 140 Å². The molecule has 0 spiro atoms. The third-order valence-corrected chi connectivity index (χ3v) is 3.84. The SMILES string of the molecule is CCCOc1c(Br)cc(CNc2cccc(C)c2)cc1OC. The van der Waals surface area contributed by atoms with Crippen LogP contribution in [-0.4, -0.2) is 13.7 Å². The normalized spacial score (nSPS) is 10.4. The van der Waals surface area contributed by atoms with Gasteiger partial charge in [0.1, 0.15) is 0 Å². The minimum absolute atomic E-state index is 0.676. The molecule has 22 heavy (non-hydrogen) atoms. The van der Waals surface area contributed by atoms with Crippen LogP contribution in [0.2, 0.25) is 0 Å². The van der Waals surface area contributed by atoms with Gasteiger partial charge in [-0.3, -0.25) is 0 Å². The van der Waals surface area contributed by atoms with Crippen molar-refractivity contribution in [1.82, 2.24) is 0 Å². The molecule has 118 valence electrons. The highest BCUT2D eigenvalue weighted by molar-refractivity contribution is 9.10. The van der Waals surface area contributed by atoms with Gasteiger partial charge < -0.3 is 14.8 Å². The average Bonchev–Trinajstić information content (AvgIpc) is 2.51. The van der Waals surface area contributed by atoms with Crippen molar-refractivity contribution in [2.24, 2.45) is 0 Å². The molecule has 0 saturated heterocycles. The van der Waals surface area contributed by atoms with E-state index in [4.69, 9.17) is 9.47 Å². The van der Waals surface area contributed by atoms with Crippen molar-refractivity contribution >= 4 is 21.6 Å². The summed E-state index contributed by atoms with van der Waals surface area (Å²) in [4.78, 5) is 0. The molecule has 2 rings (SSSR count). The Hall–Kier alpha value is -1.68. The van der Waals surface area contributed by atoms with E-state index in [1.807, 2.05) is 6.07 Å². The van der Waals surface area contributed by atoms with Crippen molar-refractivity contribution in [3.63, 3.8) is 0 Å². The molecule has 4 heteroatoms. The van der Waals surface area contributed by atoms with Gasteiger partial charge in [-0.25, -0.2) is 0 Å². The quantitative estimate of drug-likeness (QED) is 0.736. The van der Waals surface area contributed by atoms with Gasteiger partial charge in [-0.1, -0.05) is 19.1 Å². The van der Waals surface area contributed by atoms with Crippen LogP contribution in [0.4, 0.5) is 5.69 Å². The molecule has 0 unspecified atom stereocenters. The molecule has 0 saturated carbocycles. The molecule has 0 aliphatic carbocycles. The van der Waals surface area contributed by atoms with Gasteiger partial charge in [0.05, 0.1) is 18.2 Å². The fourth-order valence-electron chi connectivity index (χ4n) is 2.18. The number of halogens is 1. The van der Waals surface area contributed by atoms with Gasteiger partial charge in [0.15, 0.2) is 11.5 Å². The zero-order valence-corrected chi connectivity index (χ0v) is 14.9. The number of anilines is 1. The Morgan fingerprint density at radius 3 is 2.68 bits per heavy atom. The Bertz CT molecular complexity index is 628. The number of methoxy groups -OCH3 is 1. The molecule has 1 N–H and O–H groups in total. The van der Waals surface area contributed by atoms with Gasteiger partial charge in [-0.15, -0.1) is 0 Å². The number of hydrogen-bond acceptors (Lipinski definition) is 3. The average molecular weight is 364 g/mol. The van der Waals surface area contributed by atoms with Gasteiger partial charge in [0.25, 0.3) is 0 Å². The van der Waals surface area contributed by atoms with Crippen LogP contribution in [0.25, 0.3) is 0 Å². The fraction of sp³-hybridized carbons (Fsp3) is 0.333. The Morgan fingerprint density at radius 2 is 2.00 bits per heavy atom. The Kier molecular flexibility index (Phi) is 6.13. The highest BCUT2D eigenvalue weighted by atomic mass is 79.9. The highest BCUT2D eigenvalue weighted by Gasteiger charge is 2.11. The summed E-state index contributed by atoms with van der Waals surface area (Å²) in [7, 11) is 1.67. The summed E-state index contributed by atoms with van der Waals surface area (Å²) in [5.74, 6) is 1.52. The Balaban J connectivity index is 2.13. The standard InChI is InChI=1S/C18H22BrNO2/c1-4-8-22-18-16(19)10-14(11-17(18)21-3)12-20-15-7-5-6-13(2)9-15/h5-7,9-11,20H,4,8,12H2,1-3H3. The first-order valence-corrected chi connectivity index (χ1v) is 8.23. The highest BCUT2D eigenvalue weighted by Crippen LogP contribution is 2.37. The summed E-state index contributed by atoms with van der Waals surface area (Å²) in [5.41, 5.74) is 3.49. The van der Waals surface area contributed by atoms with Crippen LogP contribution in [-0.2, 0) is 6.54 Å². The summed E-state index contributed by atoms with van der Waals surface area (Å²) in [6, 6.07) is 12.4. The van der Waals surface area contributed by atoms with E-state index in [1.165, 1.54) is 5.56 Å². The maximum Gasteiger partial charge on any atom is 0.175 e. The van der Waals surface area contributed by atoms with Crippen molar-refractivity contribution in [3.05, 3.63) is 52.0 Å². The van der Waals surface area contributed by atoms with Gasteiger partial charge in [0, 0.05) is 12.2 Å². The molecule has 0 aliphatic rings. The minimum Gasteiger partial charge on any atom is -0.493 e. The second-order valence-corrected chi connectivity index (χ2v) is 6.03. The Morgan fingerprint density at radius 1 is 1.18 bits per heavy atom. The summed E-state index contributed by atoms with van der Waals surface area (Å²) >= 11 is 3.57. The van der Waals surface area contributed by atoms with Crippen molar-refractivity contribution in [2.75, 3.05) is 19.0 Å². The van der Waals surface area contributed by atoms with E-state index in [0.717, 1.165) is 40.2 Å². The predicted octanol–water partition coefficient (Wildman–Crippen LogP) is 5.17. The number of nitrogens with one attached hydrogen (secondary N) is 1. The van der Waals surface area contributed by atoms with E-state index in [0.29, 0.717) is 6.61 Å². The van der Waals surface area contributed by atoms with Crippen LogP contribution in [0.15, 0.2) is 40.9 Å². The van der Waals surface area contributed by atoms with Crippen LogP contribution < -0.4 is 14.8 Å². The largest absolute Gasteiger partial charge is 0.493 e. The van der Waals surface area contributed by atoms with E-state index in [-0.39, 0.29) is 0 Å². The summed E-state index contributed by atoms with van der Waals surface area (Å²) in [6.07, 6.45) is 0.965. The van der Waals surface area contributed by atoms with Crippen molar-refractivity contribution in [3.8, 4) is 11.5 Å². The molecular formula is C18H22BrNO2. The number of rotatable bonds is 7. The summed E-state index contributed by atoms with van der Waals surface area (Å²) in [6.45, 7) is 5.58. The molecule has 0 bridgehead atoms. The first kappa shape index (κ1) is 16.7. The molecule has 0 radical (unpaired) electrons. The summed E-state index contributed by atoms with van der Waals surface area (Å²) in [5, 5.41) is 3.43. The van der Waals surface area contributed by atoms with E-state index in [2.05, 4.69) is 65.4 Å². The number of benzene rings is 2. The summed E-state index contributed by atoms with van der Waals surface area (Å²) < 4.78 is 12.1. The maximum atomic E-state index is 5.75. The van der Waals surface area contributed by atoms with Crippen LogP contribution in [0, 0.1) is 6.92 Å². The molecule has 0 aromatic heterocycles. The number of aryl methyl sites for hydroxylation is 1. The van der Waals surface area contributed by atoms with Gasteiger partial charge in [-0.05, 0) is 64.7 Å². The fourth-order valence-corrected chi connectivity index (χ4v) is 2.78. The minimum atomic E-state index is 0.676. The molecule has 2 aromatic rings. The lowest BCUT2D eigenvalue weighted by Crippen LogP contribution is -2.03. The first-order chi connectivity index (χ1) is 10.6. The number of hydrogen-bond donors (Lipinski definition) is 1. The van der Waals surface area contributed by atoms with Crippen molar-refractivity contribution < 1.29 is 9.47 Å². The van der Waals surface area contributed by atoms with Crippen molar-refractivity contribution in [1.29, 1.82) is 0 Å². The van der Waals surface area contributed by atoms with Crippen molar-refractivity contribution in [2.45, 2.75) is 26.8 Å². The zero-order chi connectivity index (χ0) is 15.9. The van der Waals surface area contributed by atoms with Gasteiger partial charge in [-0.2, -0.15) is 0 Å². The molecule has 2 aromatic carbocycles. The lowest BCUT2D eigenvalue weighted by molar-refractivity contribution is 0.292. The molecule has 0 aliphatic heterocycles. The van der Waals surface area contributed by atoms with E-state index in [9.17, 15) is 0 Å². The number of ether oxygens (including phenoxy) is 2. The molecule has 0 heterocycles. The third kappa shape index (κ3) is 4.41. The molecular weight excluding hydrogens is 342 g/mol. The van der Waals surface area contributed by atoms with Gasteiger partial charge >= 0.3 is 0 Å². The molecule has 0 fully saturated rings. The first-order valence-electron chi connectivity index (χ1n) is 7.43. The van der Waals surface area contributed by atoms with E-state index < -0.39 is 0 Å². The topological polar surface area (TPSA) is 30.5 Å². The van der Waals surface area contributed by atoms with E-state index in [1.54, 1.807) is 7.11 Å². The third-order valence-electron chi connectivity index (χ3n) is 3.25. The van der Waals surface area contributed by atoms with Gasteiger partial charge in [0.2, 0.25) is 0 Å². The van der Waals surface area contributed by atoms with E-state index >= 15 is 0 Å². The second-order valence-electron chi connectivity index (χ2n) is 5.18. The predicted molar refractivity (Wildman–Crippen MR) is 95.0 cm³/mol. The maximum absolute atomic E-state index is 5.75. The second kappa shape index (κ2) is 8.08. The van der Waals surface area contributed by atoms with Crippen LogP contribution >= 0.6 is 15.9 Å². The molecule has 3 nitrogen and oxygen atoms in total. The molecule has 0 atom stereocenters. The van der Waals surface area contributed by atoms with Crippen LogP contribution in [0.5, 0.6) is 11.5 Å². The monoisotopic (exact) mass is 363 g/mol. The van der Waals surface area contributed by atoms with Crippen LogP contribution in [0.1, 0.15) is 24.5 Å². The van der Waals surface area contributed by atoms with Crippen LogP contribution in [0.3, 0.4) is 0 Å². The molecule has 0 amide bonds. The zero-order valence-electron chi connectivity index (χ0n) is 13.3. The lowest BCUT2D eigenvalue weighted by atomic mass is 10.2. The lowest BCUT2D eigenvalue weighted by Gasteiger charge is -2.15.